The molecule has 22 heavy (non-hydrogen) atoms. The minimum atomic E-state index is -1.69. The fourth-order valence-corrected chi connectivity index (χ4v) is 4.20. The molecular weight excluding hydrogens is 306 g/mol. The Bertz CT molecular complexity index is 491. The van der Waals surface area contributed by atoms with Crippen LogP contribution < -0.4 is 5.32 Å². The van der Waals surface area contributed by atoms with Crippen LogP contribution in [-0.2, 0) is 9.59 Å². The van der Waals surface area contributed by atoms with E-state index in [0.29, 0.717) is 6.42 Å². The van der Waals surface area contributed by atoms with Crippen LogP contribution in [0.25, 0.3) is 0 Å². The molecule has 1 saturated heterocycles. The lowest BCUT2D eigenvalue weighted by molar-refractivity contribution is -0.159. The largest absolute Gasteiger partial charge is 0.479 e. The highest BCUT2D eigenvalue weighted by Crippen LogP contribution is 2.49. The summed E-state index contributed by atoms with van der Waals surface area (Å²) >= 11 is 5.77. The zero-order valence-electron chi connectivity index (χ0n) is 13.0. The molecule has 0 bridgehead atoms. The van der Waals surface area contributed by atoms with Crippen LogP contribution in [0.15, 0.2) is 12.2 Å². The number of carbonyl (C=O) groups excluding carboxylic acids is 1. The van der Waals surface area contributed by atoms with E-state index in [-0.39, 0.29) is 17.7 Å². The molecule has 1 aliphatic heterocycles. The molecule has 1 heterocycles. The van der Waals surface area contributed by atoms with Gasteiger partial charge >= 0.3 is 5.97 Å². The number of aliphatic carboxylic acids is 1. The third-order valence-electron chi connectivity index (χ3n) is 5.40. The molecular formula is C16H24ClNO4. The van der Waals surface area contributed by atoms with Crippen molar-refractivity contribution in [3.8, 4) is 0 Å². The summed E-state index contributed by atoms with van der Waals surface area (Å²) in [6, 6.07) is 0. The second-order valence-corrected chi connectivity index (χ2v) is 7.20. The molecule has 0 spiro atoms. The predicted octanol–water partition coefficient (Wildman–Crippen LogP) is 1.93. The lowest BCUT2D eigenvalue weighted by Gasteiger charge is -2.44. The molecule has 4 atom stereocenters. The molecule has 0 aromatic carbocycles. The van der Waals surface area contributed by atoms with Crippen LogP contribution in [0.3, 0.4) is 0 Å². The van der Waals surface area contributed by atoms with E-state index in [1.807, 2.05) is 12.2 Å². The van der Waals surface area contributed by atoms with Gasteiger partial charge in [0.05, 0.1) is 6.10 Å². The molecule has 0 radical (unpaired) electrons. The first kappa shape index (κ1) is 17.3. The first-order valence-electron chi connectivity index (χ1n) is 7.75. The van der Waals surface area contributed by atoms with Crippen molar-refractivity contribution in [2.24, 2.45) is 17.3 Å². The number of aliphatic hydroxyl groups excluding tert-OH is 1. The summed E-state index contributed by atoms with van der Waals surface area (Å²) in [6.45, 7) is 3.46. The maximum Gasteiger partial charge on any atom is 0.332 e. The molecule has 6 heteroatoms. The van der Waals surface area contributed by atoms with Crippen molar-refractivity contribution in [3.63, 3.8) is 0 Å². The summed E-state index contributed by atoms with van der Waals surface area (Å²) in [7, 11) is 0. The fourth-order valence-electron chi connectivity index (χ4n) is 3.98. The van der Waals surface area contributed by atoms with Gasteiger partial charge in [-0.25, -0.2) is 4.79 Å². The number of carboxylic acids is 1. The van der Waals surface area contributed by atoms with Crippen molar-refractivity contribution in [3.05, 3.63) is 12.2 Å². The zero-order valence-corrected chi connectivity index (χ0v) is 13.8. The van der Waals surface area contributed by atoms with Gasteiger partial charge in [-0.05, 0) is 25.7 Å². The molecule has 1 fully saturated rings. The Morgan fingerprint density at radius 3 is 2.73 bits per heavy atom. The van der Waals surface area contributed by atoms with Crippen LogP contribution >= 0.6 is 11.6 Å². The van der Waals surface area contributed by atoms with Crippen LogP contribution in [0, 0.1) is 17.3 Å². The van der Waals surface area contributed by atoms with Crippen molar-refractivity contribution in [2.45, 2.75) is 51.2 Å². The lowest BCUT2D eigenvalue weighted by Crippen LogP contribution is -2.66. The average Bonchev–Trinajstić information content (AvgIpc) is 2.68. The number of carboxylic acid groups (broad SMARTS) is 1. The van der Waals surface area contributed by atoms with E-state index in [1.54, 1.807) is 13.8 Å². The molecule has 3 N–H and O–H groups in total. The van der Waals surface area contributed by atoms with E-state index < -0.39 is 28.9 Å². The zero-order chi connectivity index (χ0) is 16.5. The highest BCUT2D eigenvalue weighted by molar-refractivity contribution is 6.18. The Morgan fingerprint density at radius 2 is 2.23 bits per heavy atom. The average molecular weight is 330 g/mol. The predicted molar refractivity (Wildman–Crippen MR) is 83.6 cm³/mol. The molecule has 0 aromatic heterocycles. The molecule has 124 valence electrons. The Labute approximate surface area is 135 Å². The third-order valence-corrected chi connectivity index (χ3v) is 5.62. The van der Waals surface area contributed by atoms with Crippen LogP contribution in [0.5, 0.6) is 0 Å². The molecule has 0 unspecified atom stereocenters. The molecule has 0 aromatic rings. The summed E-state index contributed by atoms with van der Waals surface area (Å²) in [6.07, 6.45) is 5.63. The number of alkyl halides is 1. The maximum absolute atomic E-state index is 12.3. The third kappa shape index (κ3) is 2.44. The number of hydrogen-bond acceptors (Lipinski definition) is 3. The molecule has 1 aliphatic carbocycles. The molecule has 2 aliphatic rings. The van der Waals surface area contributed by atoms with Crippen molar-refractivity contribution < 1.29 is 19.8 Å². The van der Waals surface area contributed by atoms with Crippen molar-refractivity contribution in [1.29, 1.82) is 0 Å². The number of rotatable bonds is 5. The van der Waals surface area contributed by atoms with Gasteiger partial charge in [-0.2, -0.15) is 0 Å². The quantitative estimate of drug-likeness (QED) is 0.531. The molecule has 0 saturated carbocycles. The normalized spacial score (nSPS) is 35.2. The monoisotopic (exact) mass is 329 g/mol. The van der Waals surface area contributed by atoms with Gasteiger partial charge in [0.25, 0.3) is 0 Å². The molecule has 5 nitrogen and oxygen atoms in total. The molecule has 1 amide bonds. The summed E-state index contributed by atoms with van der Waals surface area (Å²) in [5, 5.41) is 23.3. The summed E-state index contributed by atoms with van der Waals surface area (Å²) in [4.78, 5) is 24.4. The van der Waals surface area contributed by atoms with Gasteiger partial charge in [-0.3, -0.25) is 4.79 Å². The van der Waals surface area contributed by atoms with E-state index in [4.69, 9.17) is 11.6 Å². The number of aliphatic hydroxyl groups is 1. The van der Waals surface area contributed by atoms with Gasteiger partial charge in [0, 0.05) is 23.1 Å². The van der Waals surface area contributed by atoms with Gasteiger partial charge < -0.3 is 15.5 Å². The Kier molecular flexibility index (Phi) is 4.87. The highest BCUT2D eigenvalue weighted by atomic mass is 35.5. The SMILES string of the molecule is CC1(C)[C@@H](CCCl)C(=O)N[C@]1(C(=O)O)[C@@H](O)[C@@H]1C=CCCC1. The Hall–Kier alpha value is -1.07. The van der Waals surface area contributed by atoms with E-state index in [1.165, 1.54) is 0 Å². The summed E-state index contributed by atoms with van der Waals surface area (Å²) < 4.78 is 0. The summed E-state index contributed by atoms with van der Waals surface area (Å²) in [5.74, 6) is -2.04. The van der Waals surface area contributed by atoms with Crippen LogP contribution in [-0.4, -0.2) is 39.6 Å². The highest BCUT2D eigenvalue weighted by Gasteiger charge is 2.67. The van der Waals surface area contributed by atoms with Gasteiger partial charge in [0.1, 0.15) is 0 Å². The fraction of sp³-hybridized carbons (Fsp3) is 0.750. The number of hydrogen-bond donors (Lipinski definition) is 3. The number of halogens is 1. The second kappa shape index (κ2) is 6.20. The van der Waals surface area contributed by atoms with Crippen LogP contribution in [0.1, 0.15) is 39.5 Å². The minimum Gasteiger partial charge on any atom is -0.479 e. The second-order valence-electron chi connectivity index (χ2n) is 6.82. The Balaban J connectivity index is 2.44. The van der Waals surface area contributed by atoms with Gasteiger partial charge in [0.2, 0.25) is 5.91 Å². The number of allylic oxidation sites excluding steroid dienone is 1. The van der Waals surface area contributed by atoms with Gasteiger partial charge in [0.15, 0.2) is 5.54 Å². The number of amides is 1. The number of carbonyl (C=O) groups is 2. The van der Waals surface area contributed by atoms with Crippen molar-refractivity contribution in [2.75, 3.05) is 5.88 Å². The van der Waals surface area contributed by atoms with Gasteiger partial charge in [-0.15, -0.1) is 11.6 Å². The topological polar surface area (TPSA) is 86.6 Å². The smallest absolute Gasteiger partial charge is 0.332 e. The van der Waals surface area contributed by atoms with E-state index in [2.05, 4.69) is 5.32 Å². The standard InChI is InChI=1S/C16H24ClNO4/c1-15(2)11(8-9-17)13(20)18-16(15,14(21)22)12(19)10-6-4-3-5-7-10/h4,6,10-12,19H,3,5,7-9H2,1-2H3,(H,18,20)(H,21,22)/t10-,11+,12+,16+/m1/s1. The van der Waals surface area contributed by atoms with Crippen LogP contribution in [0.4, 0.5) is 0 Å². The van der Waals surface area contributed by atoms with E-state index in [0.717, 1.165) is 19.3 Å². The minimum absolute atomic E-state index is 0.265. The first-order chi connectivity index (χ1) is 10.3. The first-order valence-corrected chi connectivity index (χ1v) is 8.28. The lowest BCUT2D eigenvalue weighted by atomic mass is 9.62. The maximum atomic E-state index is 12.3. The summed E-state index contributed by atoms with van der Waals surface area (Å²) in [5.41, 5.74) is -2.62. The van der Waals surface area contributed by atoms with Crippen molar-refractivity contribution >= 4 is 23.5 Å². The van der Waals surface area contributed by atoms with Gasteiger partial charge in [-0.1, -0.05) is 26.0 Å². The number of nitrogens with one attached hydrogen (secondary N) is 1. The van der Waals surface area contributed by atoms with Crippen LogP contribution in [0.2, 0.25) is 0 Å². The van der Waals surface area contributed by atoms with Crippen molar-refractivity contribution in [1.82, 2.24) is 5.32 Å². The van der Waals surface area contributed by atoms with E-state index in [9.17, 15) is 19.8 Å². The molecule has 2 rings (SSSR count). The Morgan fingerprint density at radius 1 is 1.55 bits per heavy atom. The van der Waals surface area contributed by atoms with E-state index >= 15 is 0 Å².